The van der Waals surface area contributed by atoms with Crippen LogP contribution in [-0.2, 0) is 11.2 Å². The van der Waals surface area contributed by atoms with E-state index in [-0.39, 0.29) is 17.2 Å². The zero-order valence-electron chi connectivity index (χ0n) is 16.1. The average Bonchev–Trinajstić information content (AvgIpc) is 2.87. The summed E-state index contributed by atoms with van der Waals surface area (Å²) in [4.78, 5) is 36.9. The Morgan fingerprint density at radius 3 is 2.50 bits per heavy atom. The van der Waals surface area contributed by atoms with Gasteiger partial charge in [-0.25, -0.2) is 4.98 Å². The third-order valence-corrected chi connectivity index (χ3v) is 4.82. The summed E-state index contributed by atoms with van der Waals surface area (Å²) in [6.07, 6.45) is 1.64. The smallest absolute Gasteiger partial charge is 0.253 e. The van der Waals surface area contributed by atoms with Crippen LogP contribution in [0.25, 0.3) is 11.0 Å². The van der Waals surface area contributed by atoms with Crippen molar-refractivity contribution in [2.24, 2.45) is 5.41 Å². The van der Waals surface area contributed by atoms with Gasteiger partial charge in [0.1, 0.15) is 5.82 Å². The van der Waals surface area contributed by atoms with Crippen LogP contribution < -0.4 is 0 Å². The molecule has 1 saturated heterocycles. The lowest BCUT2D eigenvalue weighted by atomic mass is 9.94. The van der Waals surface area contributed by atoms with Gasteiger partial charge >= 0.3 is 0 Å². The number of benzene rings is 1. The summed E-state index contributed by atoms with van der Waals surface area (Å²) in [5.74, 6) is 1.10. The van der Waals surface area contributed by atoms with E-state index in [1.54, 1.807) is 0 Å². The number of nitrogens with one attached hydrogen (secondary N) is 1. The topological polar surface area (TPSA) is 69.3 Å². The van der Waals surface area contributed by atoms with Gasteiger partial charge in [-0.2, -0.15) is 0 Å². The number of aromatic nitrogens is 2. The minimum Gasteiger partial charge on any atom is -0.342 e. The number of fused-ring (bicyclic) bond motifs is 1. The maximum absolute atomic E-state index is 12.9. The summed E-state index contributed by atoms with van der Waals surface area (Å²) in [7, 11) is 0. The van der Waals surface area contributed by atoms with Crippen LogP contribution in [0.4, 0.5) is 0 Å². The molecule has 140 valence electrons. The molecule has 0 spiro atoms. The number of aromatic amines is 1. The number of aryl methyl sites for hydroxylation is 1. The van der Waals surface area contributed by atoms with Gasteiger partial charge in [-0.15, -0.1) is 0 Å². The summed E-state index contributed by atoms with van der Waals surface area (Å²) in [6, 6.07) is 5.62. The van der Waals surface area contributed by atoms with E-state index in [1.807, 2.05) is 55.7 Å². The summed E-state index contributed by atoms with van der Waals surface area (Å²) < 4.78 is 0. The number of hydrogen-bond acceptors (Lipinski definition) is 3. The zero-order chi connectivity index (χ0) is 18.9. The molecular formula is C20H28N4O2. The van der Waals surface area contributed by atoms with Gasteiger partial charge in [-0.3, -0.25) is 9.59 Å². The molecule has 1 aliphatic heterocycles. The molecule has 1 aliphatic rings. The Bertz CT molecular complexity index is 819. The molecule has 1 fully saturated rings. The van der Waals surface area contributed by atoms with E-state index in [0.717, 1.165) is 29.7 Å². The van der Waals surface area contributed by atoms with Crippen molar-refractivity contribution in [3.63, 3.8) is 0 Å². The fourth-order valence-corrected chi connectivity index (χ4v) is 3.34. The first-order chi connectivity index (χ1) is 12.3. The van der Waals surface area contributed by atoms with Crippen LogP contribution >= 0.6 is 0 Å². The first-order valence-corrected chi connectivity index (χ1v) is 9.37. The first-order valence-electron chi connectivity index (χ1n) is 9.37. The van der Waals surface area contributed by atoms with Crippen LogP contribution in [0, 0.1) is 5.41 Å². The van der Waals surface area contributed by atoms with Gasteiger partial charge in [-0.05, 0) is 24.6 Å². The highest BCUT2D eigenvalue weighted by atomic mass is 16.2. The molecule has 2 heterocycles. The van der Waals surface area contributed by atoms with Gasteiger partial charge in [0.05, 0.1) is 11.0 Å². The first kappa shape index (κ1) is 18.4. The molecule has 0 saturated carbocycles. The third kappa shape index (κ3) is 3.74. The maximum atomic E-state index is 12.9. The monoisotopic (exact) mass is 356 g/mol. The third-order valence-electron chi connectivity index (χ3n) is 4.82. The van der Waals surface area contributed by atoms with Gasteiger partial charge < -0.3 is 14.8 Å². The van der Waals surface area contributed by atoms with Crippen LogP contribution in [0.15, 0.2) is 18.2 Å². The molecule has 6 nitrogen and oxygen atoms in total. The molecule has 1 N–H and O–H groups in total. The Balaban J connectivity index is 1.73. The van der Waals surface area contributed by atoms with Crippen molar-refractivity contribution in [3.8, 4) is 0 Å². The van der Waals surface area contributed by atoms with Gasteiger partial charge in [0.25, 0.3) is 5.91 Å². The van der Waals surface area contributed by atoms with Crippen molar-refractivity contribution in [1.29, 1.82) is 0 Å². The summed E-state index contributed by atoms with van der Waals surface area (Å²) in [5.41, 5.74) is 2.06. The van der Waals surface area contributed by atoms with E-state index in [0.29, 0.717) is 31.7 Å². The SMILES string of the molecule is CCc1nc2ccc(C(=O)N3CCCN(C(=O)C(C)(C)C)CC3)cc2[nH]1. The lowest BCUT2D eigenvalue weighted by Gasteiger charge is -2.28. The lowest BCUT2D eigenvalue weighted by molar-refractivity contribution is -0.139. The standard InChI is InChI=1S/C20H28N4O2/c1-5-17-21-15-8-7-14(13-16(15)22-17)18(25)23-9-6-10-24(12-11-23)19(26)20(2,3)4/h7-8,13H,5-6,9-12H2,1-4H3,(H,21,22). The Morgan fingerprint density at radius 1 is 1.12 bits per heavy atom. The molecular weight excluding hydrogens is 328 g/mol. The number of carbonyl (C=O) groups is 2. The normalized spacial score (nSPS) is 16.0. The van der Waals surface area contributed by atoms with Crippen LogP contribution in [0.5, 0.6) is 0 Å². The summed E-state index contributed by atoms with van der Waals surface area (Å²) >= 11 is 0. The van der Waals surface area contributed by atoms with E-state index in [1.165, 1.54) is 0 Å². The van der Waals surface area contributed by atoms with Crippen molar-refractivity contribution in [2.45, 2.75) is 40.5 Å². The second-order valence-electron chi connectivity index (χ2n) is 7.96. The molecule has 26 heavy (non-hydrogen) atoms. The minimum atomic E-state index is -0.387. The largest absolute Gasteiger partial charge is 0.342 e. The number of H-pyrrole nitrogens is 1. The number of hydrogen-bond donors (Lipinski definition) is 1. The molecule has 0 atom stereocenters. The molecule has 2 amide bonds. The molecule has 1 aromatic carbocycles. The Hall–Kier alpha value is -2.37. The number of carbonyl (C=O) groups excluding carboxylic acids is 2. The van der Waals surface area contributed by atoms with Gasteiger partial charge in [0.15, 0.2) is 0 Å². The number of imidazole rings is 1. The number of rotatable bonds is 2. The summed E-state index contributed by atoms with van der Waals surface area (Å²) in [6.45, 7) is 10.4. The fraction of sp³-hybridized carbons (Fsp3) is 0.550. The predicted molar refractivity (Wildman–Crippen MR) is 102 cm³/mol. The predicted octanol–water partition coefficient (Wildman–Crippen LogP) is 2.85. The van der Waals surface area contributed by atoms with Crippen molar-refractivity contribution < 1.29 is 9.59 Å². The Labute approximate surface area is 154 Å². The quantitative estimate of drug-likeness (QED) is 0.899. The van der Waals surface area contributed by atoms with Gasteiger partial charge in [0.2, 0.25) is 5.91 Å². The van der Waals surface area contributed by atoms with E-state index < -0.39 is 0 Å². The molecule has 0 unspecified atom stereocenters. The lowest BCUT2D eigenvalue weighted by Crippen LogP contribution is -2.42. The van der Waals surface area contributed by atoms with Crippen LogP contribution in [0.3, 0.4) is 0 Å². The second kappa shape index (κ2) is 7.09. The Morgan fingerprint density at radius 2 is 1.81 bits per heavy atom. The molecule has 6 heteroatoms. The molecule has 1 aromatic heterocycles. The number of nitrogens with zero attached hydrogens (tertiary/aromatic N) is 3. The summed E-state index contributed by atoms with van der Waals surface area (Å²) in [5, 5.41) is 0. The van der Waals surface area contributed by atoms with E-state index in [4.69, 9.17) is 0 Å². The van der Waals surface area contributed by atoms with Crippen molar-refractivity contribution >= 4 is 22.8 Å². The molecule has 2 aromatic rings. The van der Waals surface area contributed by atoms with Crippen molar-refractivity contribution in [3.05, 3.63) is 29.6 Å². The van der Waals surface area contributed by atoms with Gasteiger partial charge in [0, 0.05) is 43.6 Å². The van der Waals surface area contributed by atoms with E-state index in [2.05, 4.69) is 9.97 Å². The molecule has 0 aliphatic carbocycles. The molecule has 3 rings (SSSR count). The fourth-order valence-electron chi connectivity index (χ4n) is 3.34. The van der Waals surface area contributed by atoms with Gasteiger partial charge in [-0.1, -0.05) is 27.7 Å². The highest BCUT2D eigenvalue weighted by Gasteiger charge is 2.29. The van der Waals surface area contributed by atoms with Crippen molar-refractivity contribution in [2.75, 3.05) is 26.2 Å². The van der Waals surface area contributed by atoms with Crippen LogP contribution in [-0.4, -0.2) is 57.8 Å². The maximum Gasteiger partial charge on any atom is 0.253 e. The zero-order valence-corrected chi connectivity index (χ0v) is 16.1. The molecule has 0 radical (unpaired) electrons. The van der Waals surface area contributed by atoms with Crippen LogP contribution in [0.1, 0.15) is 50.3 Å². The van der Waals surface area contributed by atoms with E-state index in [9.17, 15) is 9.59 Å². The van der Waals surface area contributed by atoms with Crippen LogP contribution in [0.2, 0.25) is 0 Å². The number of amides is 2. The highest BCUT2D eigenvalue weighted by Crippen LogP contribution is 2.20. The van der Waals surface area contributed by atoms with E-state index >= 15 is 0 Å². The molecule has 0 bridgehead atoms. The highest BCUT2D eigenvalue weighted by molar-refractivity contribution is 5.97. The second-order valence-corrected chi connectivity index (χ2v) is 7.96. The van der Waals surface area contributed by atoms with Crippen molar-refractivity contribution in [1.82, 2.24) is 19.8 Å². The Kier molecular flexibility index (Phi) is 5.03. The average molecular weight is 356 g/mol. The minimum absolute atomic E-state index is 0.0182.